The number of amides is 1. The van der Waals surface area contributed by atoms with E-state index in [9.17, 15) is 14.7 Å². The average Bonchev–Trinajstić information content (AvgIpc) is 3.34. The highest BCUT2D eigenvalue weighted by Gasteiger charge is 2.36. The van der Waals surface area contributed by atoms with Gasteiger partial charge in [0.15, 0.2) is 0 Å². The molecule has 0 unspecified atom stereocenters. The van der Waals surface area contributed by atoms with E-state index in [2.05, 4.69) is 20.5 Å². The largest absolute Gasteiger partial charge is 0.388 e. The lowest BCUT2D eigenvalue weighted by Gasteiger charge is -2.37. The van der Waals surface area contributed by atoms with Gasteiger partial charge in [0.1, 0.15) is 5.69 Å². The molecule has 3 aromatic heterocycles. The van der Waals surface area contributed by atoms with Gasteiger partial charge in [-0.25, -0.2) is 0 Å². The van der Waals surface area contributed by atoms with E-state index in [1.165, 1.54) is 0 Å². The Morgan fingerprint density at radius 1 is 1.16 bits per heavy atom. The van der Waals surface area contributed by atoms with Crippen molar-refractivity contribution in [2.75, 3.05) is 0 Å². The Kier molecular flexibility index (Phi) is 6.04. The van der Waals surface area contributed by atoms with E-state index in [1.54, 1.807) is 29.0 Å². The van der Waals surface area contributed by atoms with E-state index in [0.717, 1.165) is 51.6 Å². The first-order valence-electron chi connectivity index (χ1n) is 12.9. The minimum absolute atomic E-state index is 0.142. The topological polar surface area (TPSA) is 113 Å². The second kappa shape index (κ2) is 9.54. The molecule has 192 valence electrons. The van der Waals surface area contributed by atoms with Crippen molar-refractivity contribution in [2.24, 2.45) is 0 Å². The highest BCUT2D eigenvalue weighted by atomic mass is 16.3. The van der Waals surface area contributed by atoms with Crippen molar-refractivity contribution in [3.05, 3.63) is 94.5 Å². The number of aryl methyl sites for hydroxylation is 1. The number of carbonyl (C=O) groups is 1. The zero-order valence-corrected chi connectivity index (χ0v) is 21.1. The Morgan fingerprint density at radius 3 is 2.89 bits per heavy atom. The predicted molar refractivity (Wildman–Crippen MR) is 147 cm³/mol. The van der Waals surface area contributed by atoms with Crippen LogP contribution < -0.4 is 10.9 Å². The Labute approximate surface area is 219 Å². The molecular formula is C30H29N5O3. The first-order chi connectivity index (χ1) is 18.4. The van der Waals surface area contributed by atoms with Crippen LogP contribution >= 0.6 is 0 Å². The molecule has 6 rings (SSSR count). The molecule has 5 aromatic rings. The molecule has 38 heavy (non-hydrogen) atoms. The van der Waals surface area contributed by atoms with E-state index in [1.807, 2.05) is 55.5 Å². The van der Waals surface area contributed by atoms with Crippen molar-refractivity contribution < 1.29 is 9.90 Å². The molecule has 1 saturated carbocycles. The van der Waals surface area contributed by atoms with Crippen molar-refractivity contribution in [1.29, 1.82) is 0 Å². The van der Waals surface area contributed by atoms with Gasteiger partial charge in [-0.3, -0.25) is 19.7 Å². The molecule has 2 aromatic carbocycles. The Morgan fingerprint density at radius 2 is 2.03 bits per heavy atom. The summed E-state index contributed by atoms with van der Waals surface area (Å²) in [6.45, 7) is 2.12. The van der Waals surface area contributed by atoms with Crippen LogP contribution in [0.1, 0.15) is 41.7 Å². The van der Waals surface area contributed by atoms with Gasteiger partial charge in [0, 0.05) is 40.5 Å². The van der Waals surface area contributed by atoms with Crippen molar-refractivity contribution >= 4 is 27.7 Å². The third-order valence-electron chi connectivity index (χ3n) is 7.50. The lowest BCUT2D eigenvalue weighted by atomic mass is 9.81. The summed E-state index contributed by atoms with van der Waals surface area (Å²) in [6.07, 6.45) is 4.23. The van der Waals surface area contributed by atoms with Crippen LogP contribution in [0.2, 0.25) is 0 Å². The van der Waals surface area contributed by atoms with Crippen LogP contribution in [0.5, 0.6) is 0 Å². The number of fused-ring (bicyclic) bond motifs is 2. The van der Waals surface area contributed by atoms with Gasteiger partial charge in [0.2, 0.25) is 0 Å². The lowest BCUT2D eigenvalue weighted by molar-refractivity contribution is -0.0209. The number of aromatic nitrogens is 4. The average molecular weight is 508 g/mol. The van der Waals surface area contributed by atoms with Gasteiger partial charge < -0.3 is 15.0 Å². The minimum Gasteiger partial charge on any atom is -0.388 e. The van der Waals surface area contributed by atoms with Crippen LogP contribution in [-0.4, -0.2) is 42.4 Å². The van der Waals surface area contributed by atoms with Gasteiger partial charge in [-0.15, -0.1) is 0 Å². The molecule has 0 radical (unpaired) electrons. The fraction of sp³-hybridized carbons (Fsp3) is 0.267. The molecule has 0 aliphatic heterocycles. The normalized spacial score (nSPS) is 19.6. The van der Waals surface area contributed by atoms with Gasteiger partial charge in [-0.2, -0.15) is 5.10 Å². The monoisotopic (exact) mass is 507 g/mol. The summed E-state index contributed by atoms with van der Waals surface area (Å²) in [7, 11) is 0. The van der Waals surface area contributed by atoms with Crippen LogP contribution in [0.25, 0.3) is 33.1 Å². The fourth-order valence-electron chi connectivity index (χ4n) is 5.65. The Balaban J connectivity index is 1.22. The maximum Gasteiger partial charge on any atom is 0.251 e. The molecule has 0 bridgehead atoms. The molecule has 1 fully saturated rings. The van der Waals surface area contributed by atoms with Gasteiger partial charge in [0.25, 0.3) is 11.5 Å². The Hall–Kier alpha value is -4.30. The van der Waals surface area contributed by atoms with Crippen LogP contribution in [-0.2, 0) is 6.54 Å². The predicted octanol–water partition coefficient (Wildman–Crippen LogP) is 4.35. The van der Waals surface area contributed by atoms with Crippen LogP contribution in [0.15, 0.2) is 77.7 Å². The number of benzene rings is 2. The molecule has 3 heterocycles. The number of para-hydroxylation sites is 1. The number of hydrogen-bond donors (Lipinski definition) is 3. The number of H-pyrrole nitrogens is 1. The third-order valence-corrected chi connectivity index (χ3v) is 7.50. The number of rotatable bonds is 5. The Bertz CT molecular complexity index is 1720. The third kappa shape index (κ3) is 4.59. The number of aromatic amines is 1. The molecule has 2 atom stereocenters. The summed E-state index contributed by atoms with van der Waals surface area (Å²) in [5.41, 5.74) is 3.54. The second-order valence-corrected chi connectivity index (χ2v) is 10.3. The molecular weight excluding hydrogens is 478 g/mol. The van der Waals surface area contributed by atoms with Crippen molar-refractivity contribution in [3.63, 3.8) is 0 Å². The summed E-state index contributed by atoms with van der Waals surface area (Å²) in [4.78, 5) is 30.2. The van der Waals surface area contributed by atoms with Gasteiger partial charge >= 0.3 is 0 Å². The van der Waals surface area contributed by atoms with E-state index >= 15 is 0 Å². The van der Waals surface area contributed by atoms with Crippen molar-refractivity contribution in [3.8, 4) is 11.3 Å². The molecule has 1 aliphatic carbocycles. The highest BCUT2D eigenvalue weighted by molar-refractivity contribution is 6.01. The van der Waals surface area contributed by atoms with E-state index in [4.69, 9.17) is 0 Å². The van der Waals surface area contributed by atoms with Crippen LogP contribution in [0, 0.1) is 6.92 Å². The fourth-order valence-corrected chi connectivity index (χ4v) is 5.65. The standard InChI is InChI=1S/C30H29N5O3/c1-19-15-21(12-14-31-19)28-24-16-22(8-10-25(24)33-34-28)29(37)32-23-6-4-13-30(38,17-23)18-35-26-7-3-2-5-20(26)9-11-27(35)36/h2-3,5,7-12,14-16,23,38H,4,6,13,17-18H2,1H3,(H,32,37)(H,33,34)/t23-,30-/m1/s1. The number of nitrogens with one attached hydrogen (secondary N) is 2. The summed E-state index contributed by atoms with van der Waals surface area (Å²) >= 11 is 0. The van der Waals surface area contributed by atoms with Crippen LogP contribution in [0.4, 0.5) is 0 Å². The molecule has 1 aliphatic rings. The van der Waals surface area contributed by atoms with E-state index in [-0.39, 0.29) is 24.1 Å². The molecule has 0 spiro atoms. The lowest BCUT2D eigenvalue weighted by Crippen LogP contribution is -2.48. The molecule has 3 N–H and O–H groups in total. The number of aliphatic hydroxyl groups is 1. The van der Waals surface area contributed by atoms with Gasteiger partial charge in [0.05, 0.1) is 23.2 Å². The SMILES string of the molecule is Cc1cc(-c2n[nH]c3ccc(C(=O)N[C@@H]4CCC[C@](O)(Cn5c(=O)ccc6ccccc65)C4)cc23)ccn1. The molecule has 0 saturated heterocycles. The van der Waals surface area contributed by atoms with E-state index in [0.29, 0.717) is 18.4 Å². The van der Waals surface area contributed by atoms with Crippen molar-refractivity contribution in [2.45, 2.75) is 50.8 Å². The van der Waals surface area contributed by atoms with Gasteiger partial charge in [-0.1, -0.05) is 18.2 Å². The first-order valence-corrected chi connectivity index (χ1v) is 12.9. The zero-order chi connectivity index (χ0) is 26.3. The number of pyridine rings is 2. The second-order valence-electron chi connectivity index (χ2n) is 10.3. The highest BCUT2D eigenvalue weighted by Crippen LogP contribution is 2.31. The summed E-state index contributed by atoms with van der Waals surface area (Å²) in [5, 5.41) is 24.0. The minimum atomic E-state index is -1.09. The van der Waals surface area contributed by atoms with Crippen molar-refractivity contribution in [1.82, 2.24) is 25.1 Å². The summed E-state index contributed by atoms with van der Waals surface area (Å²) in [6, 6.07) is 20.2. The zero-order valence-electron chi connectivity index (χ0n) is 21.1. The van der Waals surface area contributed by atoms with Gasteiger partial charge in [-0.05, 0) is 80.5 Å². The maximum atomic E-state index is 13.3. The summed E-state index contributed by atoms with van der Waals surface area (Å²) in [5.74, 6) is -0.193. The smallest absolute Gasteiger partial charge is 0.251 e. The van der Waals surface area contributed by atoms with E-state index < -0.39 is 5.60 Å². The summed E-state index contributed by atoms with van der Waals surface area (Å²) < 4.78 is 1.65. The first kappa shape index (κ1) is 24.1. The molecule has 8 heteroatoms. The maximum absolute atomic E-state index is 13.3. The molecule has 1 amide bonds. The quantitative estimate of drug-likeness (QED) is 0.327. The number of hydrogen-bond acceptors (Lipinski definition) is 5. The van der Waals surface area contributed by atoms with Crippen LogP contribution in [0.3, 0.4) is 0 Å². The molecule has 8 nitrogen and oxygen atoms in total. The number of nitrogens with zero attached hydrogens (tertiary/aromatic N) is 3. The number of carbonyl (C=O) groups excluding carboxylic acids is 1.